The average molecular weight is 446 g/mol. The number of fused-ring (bicyclic) bond motifs is 4. The Morgan fingerprint density at radius 1 is 1.18 bits per heavy atom. The number of hydrogen-bond donors (Lipinski definition) is 5. The van der Waals surface area contributed by atoms with Gasteiger partial charge in [0, 0.05) is 12.1 Å². The van der Waals surface area contributed by atoms with E-state index < -0.39 is 24.0 Å². The molecular weight excluding hydrogens is 424 g/mol. The zero-order valence-electron chi connectivity index (χ0n) is 17.5. The molecule has 10 heteroatoms. The fourth-order valence-corrected chi connectivity index (χ4v) is 4.75. The van der Waals surface area contributed by atoms with Gasteiger partial charge in [-0.25, -0.2) is 4.98 Å². The molecule has 6 rings (SSSR count). The van der Waals surface area contributed by atoms with E-state index in [4.69, 9.17) is 10.5 Å². The molecular formula is C23H22N6O4. The minimum Gasteiger partial charge on any atom is -0.394 e. The maximum absolute atomic E-state index is 12.5. The van der Waals surface area contributed by atoms with Gasteiger partial charge in [0.05, 0.1) is 12.7 Å². The summed E-state index contributed by atoms with van der Waals surface area (Å²) < 4.78 is 7.45. The average Bonchev–Trinajstić information content (AvgIpc) is 3.46. The number of hydrogen-bond acceptors (Lipinski definition) is 8. The first kappa shape index (κ1) is 19.9. The molecule has 0 radical (unpaired) electrons. The summed E-state index contributed by atoms with van der Waals surface area (Å²) in [6, 6.07) is 14.4. The topological polar surface area (TPSA) is 151 Å². The Morgan fingerprint density at radius 3 is 2.82 bits per heavy atom. The number of nitrogens with zero attached hydrogens (tertiary/aromatic N) is 3. The maximum Gasteiger partial charge on any atom is 0.280 e. The van der Waals surface area contributed by atoms with E-state index in [0.717, 1.165) is 12.1 Å². The minimum absolute atomic E-state index is 0.0484. The Hall–Kier alpha value is -3.73. The Morgan fingerprint density at radius 2 is 2.00 bits per heavy atom. The molecule has 1 aliphatic carbocycles. The molecule has 2 aromatic carbocycles. The van der Waals surface area contributed by atoms with E-state index in [2.05, 4.69) is 44.5 Å². The molecule has 0 spiro atoms. The van der Waals surface area contributed by atoms with Crippen molar-refractivity contribution in [3.63, 3.8) is 0 Å². The van der Waals surface area contributed by atoms with E-state index >= 15 is 0 Å². The molecule has 0 saturated carbocycles. The van der Waals surface area contributed by atoms with Crippen molar-refractivity contribution in [3.05, 3.63) is 63.9 Å². The third-order valence-electron chi connectivity index (χ3n) is 6.29. The molecule has 6 N–H and O–H groups in total. The lowest BCUT2D eigenvalue weighted by Crippen LogP contribution is -2.24. The molecule has 10 nitrogen and oxygen atoms in total. The van der Waals surface area contributed by atoms with E-state index in [-0.39, 0.29) is 30.1 Å². The van der Waals surface area contributed by atoms with Crippen LogP contribution in [0.4, 0.5) is 17.6 Å². The number of imidazole rings is 1. The summed E-state index contributed by atoms with van der Waals surface area (Å²) in [7, 11) is 0. The van der Waals surface area contributed by atoms with Crippen LogP contribution in [-0.4, -0.2) is 48.5 Å². The quantitative estimate of drug-likeness (QED) is 0.280. The van der Waals surface area contributed by atoms with Crippen LogP contribution in [0.5, 0.6) is 0 Å². The molecule has 4 aromatic rings. The summed E-state index contributed by atoms with van der Waals surface area (Å²) in [5.41, 5.74) is 11.4. The fourth-order valence-electron chi connectivity index (χ4n) is 4.75. The number of benzene rings is 2. The standard InChI is InChI=1S/C23H22N6O4/c24-22-27-20-19(21(32)28-22)26-23(29(20)18-9-16(31)17(10-30)33-18)25-13-5-6-15-12(8-13)7-11-3-1-2-4-14(11)15/h1-6,8,16-18,30-31H,7,9-10H2,(H,25,26)(H3,24,27,28,32). The van der Waals surface area contributed by atoms with Crippen molar-refractivity contribution in [1.29, 1.82) is 0 Å². The number of nitrogens with two attached hydrogens (primary N) is 1. The lowest BCUT2D eigenvalue weighted by Gasteiger charge is -2.17. The van der Waals surface area contributed by atoms with Crippen LogP contribution in [0.2, 0.25) is 0 Å². The van der Waals surface area contributed by atoms with Crippen LogP contribution in [0.15, 0.2) is 47.3 Å². The van der Waals surface area contributed by atoms with E-state index in [0.29, 0.717) is 5.95 Å². The third-order valence-corrected chi connectivity index (χ3v) is 6.29. The minimum atomic E-state index is -0.858. The summed E-state index contributed by atoms with van der Waals surface area (Å²) in [4.78, 5) is 23.7. The van der Waals surface area contributed by atoms with Crippen molar-refractivity contribution in [2.24, 2.45) is 0 Å². The van der Waals surface area contributed by atoms with Gasteiger partial charge in [0.15, 0.2) is 11.2 Å². The third kappa shape index (κ3) is 3.18. The zero-order chi connectivity index (χ0) is 22.7. The zero-order valence-corrected chi connectivity index (χ0v) is 17.5. The number of aromatic nitrogens is 4. The second kappa shape index (κ2) is 7.41. The maximum atomic E-state index is 12.5. The van der Waals surface area contributed by atoms with Crippen molar-refractivity contribution in [2.45, 2.75) is 31.3 Å². The van der Waals surface area contributed by atoms with Crippen molar-refractivity contribution in [2.75, 3.05) is 17.7 Å². The second-order valence-corrected chi connectivity index (χ2v) is 8.37. The van der Waals surface area contributed by atoms with Gasteiger partial charge >= 0.3 is 0 Å². The van der Waals surface area contributed by atoms with Crippen molar-refractivity contribution in [3.8, 4) is 11.1 Å². The monoisotopic (exact) mass is 446 g/mol. The Kier molecular flexibility index (Phi) is 4.47. The number of nitrogens with one attached hydrogen (secondary N) is 2. The summed E-state index contributed by atoms with van der Waals surface area (Å²) in [6.07, 6.45) is -1.23. The molecule has 1 aliphatic heterocycles. The van der Waals surface area contributed by atoms with Gasteiger partial charge in [0.1, 0.15) is 12.3 Å². The number of rotatable bonds is 4. The highest BCUT2D eigenvalue weighted by Crippen LogP contribution is 2.39. The van der Waals surface area contributed by atoms with Gasteiger partial charge in [0.25, 0.3) is 5.56 Å². The predicted octanol–water partition coefficient (Wildman–Crippen LogP) is 1.66. The van der Waals surface area contributed by atoms with E-state index in [1.165, 1.54) is 22.3 Å². The molecule has 3 heterocycles. The van der Waals surface area contributed by atoms with Gasteiger partial charge in [-0.15, -0.1) is 0 Å². The molecule has 0 bridgehead atoms. The first-order chi connectivity index (χ1) is 16.0. The highest BCUT2D eigenvalue weighted by molar-refractivity contribution is 5.80. The lowest BCUT2D eigenvalue weighted by molar-refractivity contribution is -0.0425. The van der Waals surface area contributed by atoms with Crippen LogP contribution in [0.1, 0.15) is 23.8 Å². The molecule has 2 aliphatic rings. The predicted molar refractivity (Wildman–Crippen MR) is 122 cm³/mol. The summed E-state index contributed by atoms with van der Waals surface area (Å²) in [6.45, 7) is -0.325. The fraction of sp³-hybridized carbons (Fsp3) is 0.261. The van der Waals surface area contributed by atoms with E-state index in [1.54, 1.807) is 4.57 Å². The Balaban J connectivity index is 1.42. The molecule has 2 aromatic heterocycles. The van der Waals surface area contributed by atoms with E-state index in [9.17, 15) is 15.0 Å². The number of aliphatic hydroxyl groups excluding tert-OH is 2. The summed E-state index contributed by atoms with van der Waals surface area (Å²) >= 11 is 0. The highest BCUT2D eigenvalue weighted by Gasteiger charge is 2.37. The second-order valence-electron chi connectivity index (χ2n) is 8.37. The summed E-state index contributed by atoms with van der Waals surface area (Å²) in [5.74, 6) is 0.285. The Bertz CT molecular complexity index is 1440. The van der Waals surface area contributed by atoms with Crippen molar-refractivity contribution < 1.29 is 14.9 Å². The van der Waals surface area contributed by atoms with Gasteiger partial charge in [-0.3, -0.25) is 14.3 Å². The first-order valence-corrected chi connectivity index (χ1v) is 10.7. The number of aliphatic hydroxyl groups is 2. The highest BCUT2D eigenvalue weighted by atomic mass is 16.5. The van der Waals surface area contributed by atoms with Crippen LogP contribution in [0.3, 0.4) is 0 Å². The number of nitrogen functional groups attached to an aromatic ring is 1. The summed E-state index contributed by atoms with van der Waals surface area (Å²) in [5, 5.41) is 23.0. The van der Waals surface area contributed by atoms with Gasteiger partial charge in [-0.05, 0) is 40.8 Å². The largest absolute Gasteiger partial charge is 0.394 e. The normalized spacial score (nSPS) is 21.3. The number of ether oxygens (including phenoxy) is 1. The van der Waals surface area contributed by atoms with Crippen molar-refractivity contribution >= 4 is 28.7 Å². The van der Waals surface area contributed by atoms with Crippen LogP contribution >= 0.6 is 0 Å². The van der Waals surface area contributed by atoms with Crippen LogP contribution < -0.4 is 16.6 Å². The van der Waals surface area contributed by atoms with Crippen LogP contribution in [0.25, 0.3) is 22.3 Å². The van der Waals surface area contributed by atoms with Gasteiger partial charge in [-0.2, -0.15) is 4.98 Å². The van der Waals surface area contributed by atoms with Crippen LogP contribution in [0, 0.1) is 0 Å². The van der Waals surface area contributed by atoms with Gasteiger partial charge in [-0.1, -0.05) is 30.3 Å². The first-order valence-electron chi connectivity index (χ1n) is 10.7. The molecule has 0 amide bonds. The van der Waals surface area contributed by atoms with E-state index in [1.807, 2.05) is 18.2 Å². The lowest BCUT2D eigenvalue weighted by atomic mass is 10.1. The van der Waals surface area contributed by atoms with Gasteiger partial charge < -0.3 is 26.0 Å². The molecule has 33 heavy (non-hydrogen) atoms. The molecule has 168 valence electrons. The number of aromatic amines is 1. The van der Waals surface area contributed by atoms with Crippen LogP contribution in [-0.2, 0) is 11.2 Å². The smallest absolute Gasteiger partial charge is 0.280 e. The molecule has 1 saturated heterocycles. The Labute approximate surface area is 187 Å². The number of anilines is 3. The SMILES string of the molecule is Nc1nc2c(nc(Nc3ccc4c(c3)Cc3ccccc3-4)n2C2CC(O)C(CO)O2)c(=O)[nH]1. The molecule has 3 unspecified atom stereocenters. The molecule has 1 fully saturated rings. The van der Waals surface area contributed by atoms with Gasteiger partial charge in [0.2, 0.25) is 11.9 Å². The molecule has 3 atom stereocenters. The number of H-pyrrole nitrogens is 1. The van der Waals surface area contributed by atoms with Crippen molar-refractivity contribution in [1.82, 2.24) is 19.5 Å².